The number of rotatable bonds is 6. The second kappa shape index (κ2) is 8.67. The zero-order chi connectivity index (χ0) is 19.1. The van der Waals surface area contributed by atoms with Gasteiger partial charge in [0.25, 0.3) is 5.91 Å². The van der Waals surface area contributed by atoms with Gasteiger partial charge in [0.1, 0.15) is 11.5 Å². The van der Waals surface area contributed by atoms with Crippen molar-refractivity contribution in [3.8, 4) is 11.5 Å². The maximum Gasteiger partial charge on any atom is 0.338 e. The Balaban J connectivity index is 1.66. The molecule has 0 spiro atoms. The monoisotopic (exact) mass is 361 g/mol. The SMILES string of the molecule is CCOC(=O)c1cccc(NC(=O)c2ccc(Oc3ccccc3)cc2)c1. The van der Waals surface area contributed by atoms with Crippen molar-refractivity contribution in [3.05, 3.63) is 90.0 Å². The summed E-state index contributed by atoms with van der Waals surface area (Å²) in [5, 5.41) is 2.78. The molecule has 0 bridgehead atoms. The van der Waals surface area contributed by atoms with E-state index in [2.05, 4.69) is 5.32 Å². The van der Waals surface area contributed by atoms with Gasteiger partial charge < -0.3 is 14.8 Å². The molecule has 0 saturated carbocycles. The smallest absolute Gasteiger partial charge is 0.338 e. The summed E-state index contributed by atoms with van der Waals surface area (Å²) in [4.78, 5) is 24.2. The van der Waals surface area contributed by atoms with E-state index < -0.39 is 5.97 Å². The third kappa shape index (κ3) is 4.95. The molecule has 0 unspecified atom stereocenters. The summed E-state index contributed by atoms with van der Waals surface area (Å²) in [5.41, 5.74) is 1.40. The van der Waals surface area contributed by atoms with Crippen LogP contribution in [0.1, 0.15) is 27.6 Å². The zero-order valence-corrected chi connectivity index (χ0v) is 14.8. The number of benzene rings is 3. The number of anilines is 1. The lowest BCUT2D eigenvalue weighted by atomic mass is 10.1. The first kappa shape index (κ1) is 18.2. The molecule has 3 rings (SSSR count). The van der Waals surface area contributed by atoms with Gasteiger partial charge in [0.05, 0.1) is 12.2 Å². The molecule has 0 aliphatic rings. The largest absolute Gasteiger partial charge is 0.462 e. The van der Waals surface area contributed by atoms with Gasteiger partial charge in [-0.25, -0.2) is 4.79 Å². The van der Waals surface area contributed by atoms with Gasteiger partial charge in [-0.2, -0.15) is 0 Å². The van der Waals surface area contributed by atoms with Crippen molar-refractivity contribution in [1.82, 2.24) is 0 Å². The topological polar surface area (TPSA) is 64.6 Å². The number of esters is 1. The number of hydrogen-bond donors (Lipinski definition) is 1. The number of carbonyl (C=O) groups excluding carboxylic acids is 2. The molecule has 0 aliphatic carbocycles. The lowest BCUT2D eigenvalue weighted by Crippen LogP contribution is -2.12. The fourth-order valence-electron chi connectivity index (χ4n) is 2.44. The van der Waals surface area contributed by atoms with Crippen LogP contribution in [0.3, 0.4) is 0 Å². The number of hydrogen-bond acceptors (Lipinski definition) is 4. The average molecular weight is 361 g/mol. The first-order chi connectivity index (χ1) is 13.2. The molecule has 3 aromatic carbocycles. The van der Waals surface area contributed by atoms with E-state index in [-0.39, 0.29) is 5.91 Å². The quantitative estimate of drug-likeness (QED) is 0.634. The van der Waals surface area contributed by atoms with Gasteiger partial charge in [-0.3, -0.25) is 4.79 Å². The van der Waals surface area contributed by atoms with E-state index in [1.54, 1.807) is 55.5 Å². The molecule has 136 valence electrons. The van der Waals surface area contributed by atoms with Crippen LogP contribution < -0.4 is 10.1 Å². The number of nitrogens with one attached hydrogen (secondary N) is 1. The van der Waals surface area contributed by atoms with Crippen LogP contribution in [0.4, 0.5) is 5.69 Å². The van der Waals surface area contributed by atoms with Crippen molar-refractivity contribution in [3.63, 3.8) is 0 Å². The van der Waals surface area contributed by atoms with Crippen molar-refractivity contribution in [2.45, 2.75) is 6.92 Å². The number of carbonyl (C=O) groups is 2. The van der Waals surface area contributed by atoms with Crippen LogP contribution in [0, 0.1) is 0 Å². The van der Waals surface area contributed by atoms with Gasteiger partial charge in [0, 0.05) is 11.3 Å². The second-order valence-electron chi connectivity index (χ2n) is 5.69. The van der Waals surface area contributed by atoms with Crippen LogP contribution in [-0.4, -0.2) is 18.5 Å². The maximum absolute atomic E-state index is 12.4. The Labute approximate surface area is 157 Å². The third-order valence-corrected chi connectivity index (χ3v) is 3.73. The molecule has 1 N–H and O–H groups in total. The van der Waals surface area contributed by atoms with Gasteiger partial charge >= 0.3 is 5.97 Å². The Morgan fingerprint density at radius 3 is 2.22 bits per heavy atom. The molecular weight excluding hydrogens is 342 g/mol. The predicted molar refractivity (Wildman–Crippen MR) is 103 cm³/mol. The Morgan fingerprint density at radius 1 is 0.815 bits per heavy atom. The van der Waals surface area contributed by atoms with Crippen LogP contribution in [0.2, 0.25) is 0 Å². The molecule has 0 fully saturated rings. The summed E-state index contributed by atoms with van der Waals surface area (Å²) < 4.78 is 10.7. The first-order valence-corrected chi connectivity index (χ1v) is 8.57. The molecule has 0 radical (unpaired) electrons. The van der Waals surface area contributed by atoms with Crippen LogP contribution in [0.5, 0.6) is 11.5 Å². The van der Waals surface area contributed by atoms with E-state index in [0.717, 1.165) is 5.75 Å². The average Bonchev–Trinajstić information content (AvgIpc) is 2.70. The van der Waals surface area contributed by atoms with E-state index in [1.165, 1.54) is 0 Å². The Bertz CT molecular complexity index is 921. The summed E-state index contributed by atoms with van der Waals surface area (Å²) in [5.74, 6) is 0.672. The van der Waals surface area contributed by atoms with Gasteiger partial charge in [-0.05, 0) is 61.5 Å². The van der Waals surface area contributed by atoms with Gasteiger partial charge in [-0.1, -0.05) is 24.3 Å². The van der Waals surface area contributed by atoms with Crippen molar-refractivity contribution in [2.75, 3.05) is 11.9 Å². The summed E-state index contributed by atoms with van der Waals surface area (Å²) in [6, 6.07) is 22.9. The van der Waals surface area contributed by atoms with E-state index in [1.807, 2.05) is 30.3 Å². The molecule has 0 aliphatic heterocycles. The highest BCUT2D eigenvalue weighted by atomic mass is 16.5. The highest BCUT2D eigenvalue weighted by Gasteiger charge is 2.10. The molecule has 5 heteroatoms. The summed E-state index contributed by atoms with van der Waals surface area (Å²) in [6.07, 6.45) is 0. The van der Waals surface area contributed by atoms with Crippen LogP contribution >= 0.6 is 0 Å². The highest BCUT2D eigenvalue weighted by molar-refractivity contribution is 6.04. The second-order valence-corrected chi connectivity index (χ2v) is 5.69. The molecular formula is C22H19NO4. The molecule has 0 atom stereocenters. The predicted octanol–water partition coefficient (Wildman–Crippen LogP) is 4.91. The lowest BCUT2D eigenvalue weighted by Gasteiger charge is -2.09. The molecule has 5 nitrogen and oxygen atoms in total. The molecule has 27 heavy (non-hydrogen) atoms. The highest BCUT2D eigenvalue weighted by Crippen LogP contribution is 2.21. The normalized spacial score (nSPS) is 10.1. The van der Waals surface area contributed by atoms with E-state index >= 15 is 0 Å². The van der Waals surface area contributed by atoms with Gasteiger partial charge in [0.2, 0.25) is 0 Å². The number of para-hydroxylation sites is 1. The molecule has 1 amide bonds. The fraction of sp³-hybridized carbons (Fsp3) is 0.0909. The minimum atomic E-state index is -0.420. The summed E-state index contributed by atoms with van der Waals surface area (Å²) in [7, 11) is 0. The lowest BCUT2D eigenvalue weighted by molar-refractivity contribution is 0.0526. The molecule has 0 aromatic heterocycles. The maximum atomic E-state index is 12.4. The Morgan fingerprint density at radius 2 is 1.52 bits per heavy atom. The van der Waals surface area contributed by atoms with E-state index in [9.17, 15) is 9.59 Å². The van der Waals surface area contributed by atoms with E-state index in [4.69, 9.17) is 9.47 Å². The molecule has 3 aromatic rings. The van der Waals surface area contributed by atoms with Crippen molar-refractivity contribution < 1.29 is 19.1 Å². The van der Waals surface area contributed by atoms with Crippen molar-refractivity contribution in [2.24, 2.45) is 0 Å². The van der Waals surface area contributed by atoms with Crippen LogP contribution in [0.25, 0.3) is 0 Å². The summed E-state index contributed by atoms with van der Waals surface area (Å²) in [6.45, 7) is 2.04. The van der Waals surface area contributed by atoms with Crippen molar-refractivity contribution >= 4 is 17.6 Å². The number of ether oxygens (including phenoxy) is 2. The van der Waals surface area contributed by atoms with Gasteiger partial charge in [-0.15, -0.1) is 0 Å². The zero-order valence-electron chi connectivity index (χ0n) is 14.8. The third-order valence-electron chi connectivity index (χ3n) is 3.73. The van der Waals surface area contributed by atoms with Crippen LogP contribution in [0.15, 0.2) is 78.9 Å². The number of amides is 1. The van der Waals surface area contributed by atoms with Crippen LogP contribution in [-0.2, 0) is 4.74 Å². The minimum Gasteiger partial charge on any atom is -0.462 e. The minimum absolute atomic E-state index is 0.276. The Kier molecular flexibility index (Phi) is 5.84. The fourth-order valence-corrected chi connectivity index (χ4v) is 2.44. The standard InChI is InChI=1S/C22H19NO4/c1-2-26-22(25)17-7-6-8-18(15-17)23-21(24)16-11-13-20(14-12-16)27-19-9-4-3-5-10-19/h3-15H,2H2,1H3,(H,23,24). The molecule has 0 saturated heterocycles. The van der Waals surface area contributed by atoms with E-state index in [0.29, 0.717) is 29.2 Å². The Hall–Kier alpha value is -3.60. The first-order valence-electron chi connectivity index (χ1n) is 8.57. The van der Waals surface area contributed by atoms with Gasteiger partial charge in [0.15, 0.2) is 0 Å². The molecule has 0 heterocycles. The van der Waals surface area contributed by atoms with Crippen molar-refractivity contribution in [1.29, 1.82) is 0 Å². The summed E-state index contributed by atoms with van der Waals surface area (Å²) >= 11 is 0.